The van der Waals surface area contributed by atoms with Gasteiger partial charge < -0.3 is 4.98 Å². The summed E-state index contributed by atoms with van der Waals surface area (Å²) in [6.45, 7) is 5.85. The average Bonchev–Trinajstić information content (AvgIpc) is 3.29. The second-order valence-electron chi connectivity index (χ2n) is 6.65. The molecule has 25 heavy (non-hydrogen) atoms. The van der Waals surface area contributed by atoms with Crippen LogP contribution in [-0.4, -0.2) is 61.4 Å². The minimum Gasteiger partial charge on any atom is -0.347 e. The topological polar surface area (TPSA) is 65.9 Å². The highest BCUT2D eigenvalue weighted by Crippen LogP contribution is 2.22. The Balaban J connectivity index is 1.47. The maximum atomic E-state index is 4.43. The highest BCUT2D eigenvalue weighted by Gasteiger charge is 2.27. The molecule has 0 aliphatic carbocycles. The van der Waals surface area contributed by atoms with Crippen LogP contribution < -0.4 is 0 Å². The fraction of sp³-hybridized carbons (Fsp3) is 0.389. The number of likely N-dealkylation sites (N-methyl/N-ethyl adjacent to an activating group) is 1. The summed E-state index contributed by atoms with van der Waals surface area (Å²) in [4.78, 5) is 12.4. The summed E-state index contributed by atoms with van der Waals surface area (Å²) in [5.74, 6) is 1.02. The van der Waals surface area contributed by atoms with Crippen LogP contribution in [-0.2, 0) is 6.54 Å². The first kappa shape index (κ1) is 16.0. The molecule has 1 aliphatic heterocycles. The number of H-pyrrole nitrogens is 1. The number of aromatic amines is 1. The van der Waals surface area contributed by atoms with Gasteiger partial charge in [-0.3, -0.25) is 9.80 Å². The van der Waals surface area contributed by atoms with Crippen LogP contribution in [0.4, 0.5) is 0 Å². The average molecular weight is 337 g/mol. The van der Waals surface area contributed by atoms with Gasteiger partial charge >= 0.3 is 0 Å². The molecule has 1 unspecified atom stereocenters. The molecule has 3 aromatic rings. The molecule has 3 heterocycles. The number of imidazole rings is 1. The van der Waals surface area contributed by atoms with E-state index in [-0.39, 0.29) is 6.04 Å². The molecule has 0 radical (unpaired) electrons. The zero-order valence-electron chi connectivity index (χ0n) is 14.6. The van der Waals surface area contributed by atoms with Gasteiger partial charge in [0.15, 0.2) is 0 Å². The third kappa shape index (κ3) is 3.33. The number of hydrogen-bond donors (Lipinski definition) is 1. The van der Waals surface area contributed by atoms with Crippen molar-refractivity contribution in [3.63, 3.8) is 0 Å². The van der Waals surface area contributed by atoms with Gasteiger partial charge in [0.05, 0.1) is 23.6 Å². The van der Waals surface area contributed by atoms with E-state index in [0.29, 0.717) is 0 Å². The highest BCUT2D eigenvalue weighted by molar-refractivity contribution is 5.38. The van der Waals surface area contributed by atoms with Crippen LogP contribution in [0.1, 0.15) is 23.1 Å². The number of para-hydroxylation sites is 1. The van der Waals surface area contributed by atoms with E-state index in [4.69, 9.17) is 0 Å². The number of aryl methyl sites for hydroxylation is 1. The van der Waals surface area contributed by atoms with Crippen molar-refractivity contribution in [2.45, 2.75) is 19.5 Å². The Morgan fingerprint density at radius 3 is 2.92 bits per heavy atom. The highest BCUT2D eigenvalue weighted by atomic mass is 15.4. The SMILES string of the molecule is Cc1ccccc1-n1cc(CN2CCN(C)C(c3ncc[nH]3)C2)nn1. The van der Waals surface area contributed by atoms with Gasteiger partial charge in [-0.1, -0.05) is 23.4 Å². The molecule has 0 amide bonds. The molecule has 1 aromatic carbocycles. The Labute approximate surface area is 147 Å². The summed E-state index contributed by atoms with van der Waals surface area (Å²) in [5.41, 5.74) is 3.26. The first-order valence-electron chi connectivity index (χ1n) is 8.60. The number of hydrogen-bond acceptors (Lipinski definition) is 5. The van der Waals surface area contributed by atoms with E-state index in [0.717, 1.165) is 43.4 Å². The summed E-state index contributed by atoms with van der Waals surface area (Å²) in [7, 11) is 2.15. The van der Waals surface area contributed by atoms with Crippen LogP contribution in [0.2, 0.25) is 0 Å². The summed E-state index contributed by atoms with van der Waals surface area (Å²) < 4.78 is 1.87. The van der Waals surface area contributed by atoms with Gasteiger partial charge in [0.25, 0.3) is 0 Å². The molecule has 0 spiro atoms. The van der Waals surface area contributed by atoms with Gasteiger partial charge in [-0.2, -0.15) is 0 Å². The number of benzene rings is 1. The number of nitrogens with one attached hydrogen (secondary N) is 1. The fourth-order valence-corrected chi connectivity index (χ4v) is 3.37. The fourth-order valence-electron chi connectivity index (χ4n) is 3.37. The molecule has 0 bridgehead atoms. The minimum absolute atomic E-state index is 0.287. The van der Waals surface area contributed by atoms with Crippen LogP contribution in [0.5, 0.6) is 0 Å². The Bertz CT molecular complexity index is 824. The third-order valence-electron chi connectivity index (χ3n) is 4.86. The van der Waals surface area contributed by atoms with Crippen molar-refractivity contribution in [3.8, 4) is 5.69 Å². The van der Waals surface area contributed by atoms with Crippen LogP contribution in [0.25, 0.3) is 5.69 Å². The van der Waals surface area contributed by atoms with E-state index >= 15 is 0 Å². The standard InChI is InChI=1S/C18H23N7/c1-14-5-3-4-6-16(14)25-12-15(21-22-25)11-24-10-9-23(2)17(13-24)18-19-7-8-20-18/h3-8,12,17H,9-11,13H2,1-2H3,(H,19,20). The molecule has 1 atom stereocenters. The number of rotatable bonds is 4. The zero-order chi connectivity index (χ0) is 17.2. The molecule has 1 saturated heterocycles. The molecule has 0 saturated carbocycles. The molecule has 2 aromatic heterocycles. The van der Waals surface area contributed by atoms with Crippen LogP contribution >= 0.6 is 0 Å². The maximum absolute atomic E-state index is 4.43. The predicted octanol–water partition coefficient (Wildman–Crippen LogP) is 1.79. The number of aromatic nitrogens is 5. The normalized spacial score (nSPS) is 19.4. The molecule has 130 valence electrons. The van der Waals surface area contributed by atoms with E-state index in [1.54, 1.807) is 0 Å². The summed E-state index contributed by atoms with van der Waals surface area (Å²) in [5, 5.41) is 8.68. The molecular weight excluding hydrogens is 314 g/mol. The molecule has 1 fully saturated rings. The second kappa shape index (κ2) is 6.78. The van der Waals surface area contributed by atoms with Crippen molar-refractivity contribution < 1.29 is 0 Å². The minimum atomic E-state index is 0.287. The quantitative estimate of drug-likeness (QED) is 0.786. The van der Waals surface area contributed by atoms with Crippen molar-refractivity contribution in [2.75, 3.05) is 26.7 Å². The lowest BCUT2D eigenvalue weighted by Gasteiger charge is -2.38. The van der Waals surface area contributed by atoms with Crippen molar-refractivity contribution in [3.05, 3.63) is 59.9 Å². The second-order valence-corrected chi connectivity index (χ2v) is 6.65. The first-order chi connectivity index (χ1) is 12.2. The lowest BCUT2D eigenvalue weighted by atomic mass is 10.1. The molecule has 4 rings (SSSR count). The monoisotopic (exact) mass is 337 g/mol. The lowest BCUT2D eigenvalue weighted by molar-refractivity contribution is 0.0854. The Morgan fingerprint density at radius 2 is 2.12 bits per heavy atom. The Hall–Kier alpha value is -2.51. The van der Waals surface area contributed by atoms with E-state index in [1.807, 2.05) is 35.4 Å². The lowest BCUT2D eigenvalue weighted by Crippen LogP contribution is -2.46. The van der Waals surface area contributed by atoms with Gasteiger partial charge in [-0.15, -0.1) is 5.10 Å². The summed E-state index contributed by atoms with van der Waals surface area (Å²) >= 11 is 0. The zero-order valence-corrected chi connectivity index (χ0v) is 14.6. The van der Waals surface area contributed by atoms with Gasteiger partial charge in [-0.05, 0) is 25.6 Å². The van der Waals surface area contributed by atoms with Gasteiger partial charge in [-0.25, -0.2) is 9.67 Å². The largest absolute Gasteiger partial charge is 0.347 e. The third-order valence-corrected chi connectivity index (χ3v) is 4.86. The summed E-state index contributed by atoms with van der Waals surface area (Å²) in [6, 6.07) is 8.50. The van der Waals surface area contributed by atoms with Crippen molar-refractivity contribution in [1.82, 2.24) is 34.8 Å². The smallest absolute Gasteiger partial charge is 0.124 e. The predicted molar refractivity (Wildman–Crippen MR) is 95.3 cm³/mol. The van der Waals surface area contributed by atoms with Gasteiger partial charge in [0, 0.05) is 38.6 Å². The Morgan fingerprint density at radius 1 is 1.24 bits per heavy atom. The summed E-state index contributed by atoms with van der Waals surface area (Å²) in [6.07, 6.45) is 5.73. The molecule has 1 N–H and O–H groups in total. The van der Waals surface area contributed by atoms with E-state index in [2.05, 4.69) is 56.2 Å². The Kier molecular flexibility index (Phi) is 4.33. The molecule has 7 heteroatoms. The number of piperazine rings is 1. The van der Waals surface area contributed by atoms with Crippen molar-refractivity contribution >= 4 is 0 Å². The van der Waals surface area contributed by atoms with E-state index in [1.165, 1.54) is 5.56 Å². The van der Waals surface area contributed by atoms with Gasteiger partial charge in [0.1, 0.15) is 5.82 Å². The first-order valence-corrected chi connectivity index (χ1v) is 8.60. The van der Waals surface area contributed by atoms with E-state index in [9.17, 15) is 0 Å². The number of nitrogens with zero attached hydrogens (tertiary/aromatic N) is 6. The molecular formula is C18H23N7. The van der Waals surface area contributed by atoms with E-state index < -0.39 is 0 Å². The van der Waals surface area contributed by atoms with Crippen LogP contribution in [0.15, 0.2) is 42.9 Å². The van der Waals surface area contributed by atoms with Crippen molar-refractivity contribution in [1.29, 1.82) is 0 Å². The van der Waals surface area contributed by atoms with Crippen molar-refractivity contribution in [2.24, 2.45) is 0 Å². The maximum Gasteiger partial charge on any atom is 0.124 e. The molecule has 1 aliphatic rings. The molecule has 7 nitrogen and oxygen atoms in total. The van der Waals surface area contributed by atoms with Gasteiger partial charge in [0.2, 0.25) is 0 Å². The van der Waals surface area contributed by atoms with Crippen LogP contribution in [0.3, 0.4) is 0 Å². The van der Waals surface area contributed by atoms with Crippen LogP contribution in [0, 0.1) is 6.92 Å².